The van der Waals surface area contributed by atoms with E-state index in [0.29, 0.717) is 5.56 Å². The second kappa shape index (κ2) is 7.06. The van der Waals surface area contributed by atoms with Gasteiger partial charge in [0.25, 0.3) is 15.9 Å². The molecular formula is C16H14FNO4S. The number of hydrogen-bond donors (Lipinski definition) is 1. The normalized spacial score (nSPS) is 11.4. The maximum Gasteiger partial charge on any atom is 0.268 e. The summed E-state index contributed by atoms with van der Waals surface area (Å²) in [5, 5.41) is 0.885. The van der Waals surface area contributed by atoms with Crippen LogP contribution in [-0.2, 0) is 10.0 Å². The Kier molecular flexibility index (Phi) is 5.13. The lowest BCUT2D eigenvalue weighted by molar-refractivity contribution is 0.0979. The van der Waals surface area contributed by atoms with Crippen LogP contribution in [0.4, 0.5) is 4.39 Å². The molecule has 1 amide bonds. The number of halogens is 1. The van der Waals surface area contributed by atoms with Crippen LogP contribution < -0.4 is 9.46 Å². The lowest BCUT2D eigenvalue weighted by atomic mass is 10.2. The van der Waals surface area contributed by atoms with Gasteiger partial charge in [0.05, 0.1) is 18.1 Å². The molecule has 0 bridgehead atoms. The molecular weight excluding hydrogens is 321 g/mol. The number of nitrogens with one attached hydrogen (secondary N) is 1. The third-order valence-electron chi connectivity index (χ3n) is 2.88. The van der Waals surface area contributed by atoms with Crippen LogP contribution in [0.15, 0.2) is 53.9 Å². The molecule has 2 aromatic rings. The van der Waals surface area contributed by atoms with E-state index in [-0.39, 0.29) is 11.3 Å². The largest absolute Gasteiger partial charge is 0.496 e. The van der Waals surface area contributed by atoms with Crippen molar-refractivity contribution in [3.8, 4) is 5.75 Å². The first-order chi connectivity index (χ1) is 10.9. The van der Waals surface area contributed by atoms with Gasteiger partial charge in [0.2, 0.25) is 0 Å². The quantitative estimate of drug-likeness (QED) is 0.911. The zero-order valence-electron chi connectivity index (χ0n) is 12.2. The Morgan fingerprint density at radius 2 is 1.87 bits per heavy atom. The molecule has 0 atom stereocenters. The van der Waals surface area contributed by atoms with Crippen LogP contribution in [0.1, 0.15) is 15.9 Å². The van der Waals surface area contributed by atoms with Crippen molar-refractivity contribution in [2.24, 2.45) is 0 Å². The number of carbonyl (C=O) groups excluding carboxylic acids is 1. The smallest absolute Gasteiger partial charge is 0.268 e. The number of rotatable bonds is 5. The standard InChI is InChI=1S/C16H14FNO4S/c1-22-15-11-13(17)7-8-14(15)16(19)18-23(20,21)10-9-12-5-3-2-4-6-12/h2-11H,1H3,(H,18,19). The maximum absolute atomic E-state index is 13.1. The highest BCUT2D eigenvalue weighted by Crippen LogP contribution is 2.19. The Morgan fingerprint density at radius 1 is 1.17 bits per heavy atom. The second-order valence-electron chi connectivity index (χ2n) is 4.53. The van der Waals surface area contributed by atoms with E-state index in [0.717, 1.165) is 23.6 Å². The number of carbonyl (C=O) groups is 1. The van der Waals surface area contributed by atoms with Gasteiger partial charge in [-0.25, -0.2) is 17.5 Å². The fourth-order valence-corrected chi connectivity index (χ4v) is 2.58. The number of benzene rings is 2. The van der Waals surface area contributed by atoms with Crippen molar-refractivity contribution in [1.82, 2.24) is 4.72 Å². The van der Waals surface area contributed by atoms with E-state index in [1.165, 1.54) is 13.2 Å². The Labute approximate surface area is 133 Å². The van der Waals surface area contributed by atoms with E-state index in [4.69, 9.17) is 4.74 Å². The number of methoxy groups -OCH3 is 1. The topological polar surface area (TPSA) is 72.5 Å². The molecule has 5 nitrogen and oxygen atoms in total. The van der Waals surface area contributed by atoms with Gasteiger partial charge in [-0.3, -0.25) is 4.79 Å². The molecule has 0 spiro atoms. The number of amides is 1. The van der Waals surface area contributed by atoms with Crippen LogP contribution in [0.25, 0.3) is 6.08 Å². The van der Waals surface area contributed by atoms with Gasteiger partial charge in [-0.05, 0) is 23.8 Å². The number of sulfonamides is 1. The van der Waals surface area contributed by atoms with Gasteiger partial charge in [-0.1, -0.05) is 30.3 Å². The van der Waals surface area contributed by atoms with Crippen molar-refractivity contribution in [3.05, 3.63) is 70.9 Å². The average molecular weight is 335 g/mol. The van der Waals surface area contributed by atoms with Gasteiger partial charge in [0.15, 0.2) is 0 Å². The predicted molar refractivity (Wildman–Crippen MR) is 84.8 cm³/mol. The summed E-state index contributed by atoms with van der Waals surface area (Å²) in [6.45, 7) is 0. The molecule has 1 N–H and O–H groups in total. The predicted octanol–water partition coefficient (Wildman–Crippen LogP) is 2.56. The molecule has 0 saturated carbocycles. The Bertz CT molecular complexity index is 832. The first-order valence-corrected chi connectivity index (χ1v) is 8.10. The fraction of sp³-hybridized carbons (Fsp3) is 0.0625. The summed E-state index contributed by atoms with van der Waals surface area (Å²) in [5.74, 6) is -1.55. The zero-order valence-corrected chi connectivity index (χ0v) is 13.0. The molecule has 0 aliphatic rings. The number of ether oxygens (including phenoxy) is 1. The SMILES string of the molecule is COc1cc(F)ccc1C(=O)NS(=O)(=O)C=Cc1ccccc1. The molecule has 0 fully saturated rings. The molecule has 7 heteroatoms. The van der Waals surface area contributed by atoms with Crippen LogP contribution in [0.5, 0.6) is 5.75 Å². The van der Waals surface area contributed by atoms with Crippen LogP contribution in [0.3, 0.4) is 0 Å². The van der Waals surface area contributed by atoms with Gasteiger partial charge in [-0.15, -0.1) is 0 Å². The van der Waals surface area contributed by atoms with Crippen LogP contribution in [0.2, 0.25) is 0 Å². The summed E-state index contributed by atoms with van der Waals surface area (Å²) in [7, 11) is -2.73. The minimum Gasteiger partial charge on any atom is -0.496 e. The maximum atomic E-state index is 13.1. The molecule has 2 rings (SSSR count). The van der Waals surface area contributed by atoms with Gasteiger partial charge in [0.1, 0.15) is 11.6 Å². The van der Waals surface area contributed by atoms with Crippen molar-refractivity contribution in [3.63, 3.8) is 0 Å². The molecule has 0 heterocycles. The minimum absolute atomic E-state index is 0.0512. The highest BCUT2D eigenvalue weighted by Gasteiger charge is 2.17. The molecule has 0 unspecified atom stereocenters. The summed E-state index contributed by atoms with van der Waals surface area (Å²) >= 11 is 0. The van der Waals surface area contributed by atoms with E-state index in [2.05, 4.69) is 0 Å². The highest BCUT2D eigenvalue weighted by molar-refractivity contribution is 7.93. The summed E-state index contributed by atoms with van der Waals surface area (Å²) in [5.41, 5.74) is 0.593. The molecule has 0 radical (unpaired) electrons. The van der Waals surface area contributed by atoms with E-state index >= 15 is 0 Å². The summed E-state index contributed by atoms with van der Waals surface area (Å²) in [4.78, 5) is 12.0. The molecule has 0 aliphatic carbocycles. The first kappa shape index (κ1) is 16.7. The third-order valence-corrected chi connectivity index (χ3v) is 3.85. The Morgan fingerprint density at radius 3 is 2.52 bits per heavy atom. The summed E-state index contributed by atoms with van der Waals surface area (Å²) in [6, 6.07) is 12.0. The molecule has 0 aliphatic heterocycles. The molecule has 0 saturated heterocycles. The van der Waals surface area contributed by atoms with Gasteiger partial charge < -0.3 is 4.74 Å². The number of hydrogen-bond acceptors (Lipinski definition) is 4. The summed E-state index contributed by atoms with van der Waals surface area (Å²) < 4.78 is 43.7. The van der Waals surface area contributed by atoms with Gasteiger partial charge >= 0.3 is 0 Å². The molecule has 2 aromatic carbocycles. The van der Waals surface area contributed by atoms with Crippen molar-refractivity contribution >= 4 is 22.0 Å². The van der Waals surface area contributed by atoms with Gasteiger partial charge in [0, 0.05) is 6.07 Å². The van der Waals surface area contributed by atoms with Crippen molar-refractivity contribution in [1.29, 1.82) is 0 Å². The van der Waals surface area contributed by atoms with Crippen molar-refractivity contribution < 1.29 is 22.3 Å². The minimum atomic E-state index is -3.99. The highest BCUT2D eigenvalue weighted by atomic mass is 32.2. The summed E-state index contributed by atoms with van der Waals surface area (Å²) in [6.07, 6.45) is 1.36. The van der Waals surface area contributed by atoms with Gasteiger partial charge in [-0.2, -0.15) is 0 Å². The Hall–Kier alpha value is -2.67. The van der Waals surface area contributed by atoms with Crippen LogP contribution in [0, 0.1) is 5.82 Å². The monoisotopic (exact) mass is 335 g/mol. The second-order valence-corrected chi connectivity index (χ2v) is 6.10. The first-order valence-electron chi connectivity index (χ1n) is 6.55. The Balaban J connectivity index is 2.17. The van der Waals surface area contributed by atoms with E-state index < -0.39 is 21.7 Å². The lowest BCUT2D eigenvalue weighted by Gasteiger charge is -2.08. The average Bonchev–Trinajstić information content (AvgIpc) is 2.53. The van der Waals surface area contributed by atoms with Crippen molar-refractivity contribution in [2.75, 3.05) is 7.11 Å². The van der Waals surface area contributed by atoms with Crippen molar-refractivity contribution in [2.45, 2.75) is 0 Å². The molecule has 120 valence electrons. The van der Waals surface area contributed by atoms with Crippen LogP contribution in [-0.4, -0.2) is 21.4 Å². The fourth-order valence-electron chi connectivity index (χ4n) is 1.80. The van der Waals surface area contributed by atoms with E-state index in [1.54, 1.807) is 30.3 Å². The zero-order chi connectivity index (χ0) is 16.9. The third kappa shape index (κ3) is 4.65. The lowest BCUT2D eigenvalue weighted by Crippen LogP contribution is -2.29. The van der Waals surface area contributed by atoms with Crippen LogP contribution >= 0.6 is 0 Å². The molecule has 0 aromatic heterocycles. The van der Waals surface area contributed by atoms with E-state index in [9.17, 15) is 17.6 Å². The van der Waals surface area contributed by atoms with E-state index in [1.807, 2.05) is 4.72 Å². The molecule has 23 heavy (non-hydrogen) atoms.